The molecular weight excluding hydrogens is 154 g/mol. The fourth-order valence-corrected chi connectivity index (χ4v) is 0.908. The zero-order valence-electron chi connectivity index (χ0n) is 6.90. The molecule has 1 aromatic carbocycles. The molecule has 0 spiro atoms. The first-order valence-electron chi connectivity index (χ1n) is 3.65. The number of ether oxygens (including phenoxy) is 1. The van der Waals surface area contributed by atoms with Crippen LogP contribution in [0.15, 0.2) is 29.4 Å². The molecule has 0 fully saturated rings. The fourth-order valence-electron chi connectivity index (χ4n) is 0.908. The lowest BCUT2D eigenvalue weighted by Gasteiger charge is -1.99. The van der Waals surface area contributed by atoms with E-state index in [2.05, 4.69) is 5.16 Å². The molecular formula is C9H11NO2. The Kier molecular flexibility index (Phi) is 3.14. The van der Waals surface area contributed by atoms with Gasteiger partial charge in [0.25, 0.3) is 0 Å². The molecule has 0 radical (unpaired) electrons. The van der Waals surface area contributed by atoms with Gasteiger partial charge in [0.15, 0.2) is 0 Å². The van der Waals surface area contributed by atoms with Gasteiger partial charge in [0.2, 0.25) is 0 Å². The molecule has 3 heteroatoms. The average molecular weight is 165 g/mol. The lowest BCUT2D eigenvalue weighted by Crippen LogP contribution is -1.87. The molecule has 1 aromatic rings. The third-order valence-electron chi connectivity index (χ3n) is 1.57. The van der Waals surface area contributed by atoms with E-state index in [9.17, 15) is 0 Å². The van der Waals surface area contributed by atoms with Gasteiger partial charge in [-0.15, -0.1) is 5.16 Å². The van der Waals surface area contributed by atoms with Crippen LogP contribution in [-0.2, 0) is 6.42 Å². The van der Waals surface area contributed by atoms with E-state index >= 15 is 0 Å². The largest absolute Gasteiger partial charge is 0.497 e. The quantitative estimate of drug-likeness (QED) is 0.420. The summed E-state index contributed by atoms with van der Waals surface area (Å²) in [7, 11) is 1.63. The van der Waals surface area contributed by atoms with Crippen molar-refractivity contribution in [3.05, 3.63) is 29.8 Å². The van der Waals surface area contributed by atoms with E-state index in [0.29, 0.717) is 6.42 Å². The van der Waals surface area contributed by atoms with Gasteiger partial charge in [0.05, 0.1) is 7.11 Å². The standard InChI is InChI=1S/C9H11NO2/c1-12-9-4-2-8(3-5-9)6-7-10-11/h2-5,7,11H,6H2,1H3/b10-7+. The molecule has 0 aliphatic rings. The first kappa shape index (κ1) is 8.59. The second-order valence-electron chi connectivity index (χ2n) is 2.35. The molecule has 0 saturated carbocycles. The van der Waals surface area contributed by atoms with Crippen molar-refractivity contribution in [3.8, 4) is 5.75 Å². The van der Waals surface area contributed by atoms with Gasteiger partial charge in [0, 0.05) is 12.6 Å². The fraction of sp³-hybridized carbons (Fsp3) is 0.222. The van der Waals surface area contributed by atoms with Crippen LogP contribution in [0.25, 0.3) is 0 Å². The van der Waals surface area contributed by atoms with Crippen molar-refractivity contribution in [2.75, 3.05) is 7.11 Å². The number of hydrogen-bond donors (Lipinski definition) is 1. The van der Waals surface area contributed by atoms with Crippen LogP contribution in [-0.4, -0.2) is 18.5 Å². The van der Waals surface area contributed by atoms with Gasteiger partial charge in [0.1, 0.15) is 5.75 Å². The van der Waals surface area contributed by atoms with Crippen LogP contribution in [0, 0.1) is 0 Å². The second kappa shape index (κ2) is 4.38. The predicted octanol–water partition coefficient (Wildman–Crippen LogP) is 1.70. The summed E-state index contributed by atoms with van der Waals surface area (Å²) < 4.78 is 4.99. The molecule has 1 N–H and O–H groups in total. The topological polar surface area (TPSA) is 41.8 Å². The number of nitrogens with zero attached hydrogens (tertiary/aromatic N) is 1. The first-order valence-corrected chi connectivity index (χ1v) is 3.65. The Morgan fingerprint density at radius 2 is 2.08 bits per heavy atom. The Morgan fingerprint density at radius 3 is 2.58 bits per heavy atom. The molecule has 0 saturated heterocycles. The first-order chi connectivity index (χ1) is 5.86. The molecule has 0 heterocycles. The predicted molar refractivity (Wildman–Crippen MR) is 47.0 cm³/mol. The van der Waals surface area contributed by atoms with E-state index in [0.717, 1.165) is 11.3 Å². The summed E-state index contributed by atoms with van der Waals surface area (Å²) in [6, 6.07) is 7.61. The molecule has 0 aliphatic heterocycles. The van der Waals surface area contributed by atoms with Gasteiger partial charge in [-0.3, -0.25) is 0 Å². The molecule has 1 rings (SSSR count). The highest BCUT2D eigenvalue weighted by Crippen LogP contribution is 2.10. The van der Waals surface area contributed by atoms with Crippen molar-refractivity contribution in [2.24, 2.45) is 5.16 Å². The normalized spacial score (nSPS) is 10.4. The van der Waals surface area contributed by atoms with Crippen molar-refractivity contribution in [2.45, 2.75) is 6.42 Å². The average Bonchev–Trinajstić information content (AvgIpc) is 2.15. The van der Waals surface area contributed by atoms with Crippen molar-refractivity contribution >= 4 is 6.21 Å². The molecule has 0 aliphatic carbocycles. The maximum Gasteiger partial charge on any atom is 0.118 e. The summed E-state index contributed by atoms with van der Waals surface area (Å²) in [5, 5.41) is 11.1. The highest BCUT2D eigenvalue weighted by Gasteiger charge is 1.91. The molecule has 0 amide bonds. The summed E-state index contributed by atoms with van der Waals surface area (Å²) in [5.41, 5.74) is 1.09. The number of hydrogen-bond acceptors (Lipinski definition) is 3. The number of benzene rings is 1. The van der Waals surface area contributed by atoms with Crippen LogP contribution in [0.2, 0.25) is 0 Å². The molecule has 0 bridgehead atoms. The van der Waals surface area contributed by atoms with E-state index in [-0.39, 0.29) is 0 Å². The summed E-state index contributed by atoms with van der Waals surface area (Å²) >= 11 is 0. The van der Waals surface area contributed by atoms with Gasteiger partial charge < -0.3 is 9.94 Å². The summed E-state index contributed by atoms with van der Waals surface area (Å²) in [5.74, 6) is 0.833. The second-order valence-corrected chi connectivity index (χ2v) is 2.35. The van der Waals surface area contributed by atoms with E-state index in [1.54, 1.807) is 7.11 Å². The van der Waals surface area contributed by atoms with Gasteiger partial charge in [-0.25, -0.2) is 0 Å². The Balaban J connectivity index is 2.64. The number of rotatable bonds is 3. The van der Waals surface area contributed by atoms with E-state index in [1.165, 1.54) is 6.21 Å². The lowest BCUT2D eigenvalue weighted by atomic mass is 10.2. The lowest BCUT2D eigenvalue weighted by molar-refractivity contribution is 0.321. The minimum absolute atomic E-state index is 0.639. The number of methoxy groups -OCH3 is 1. The third-order valence-corrected chi connectivity index (χ3v) is 1.57. The monoisotopic (exact) mass is 165 g/mol. The SMILES string of the molecule is COc1ccc(C/C=N/O)cc1. The number of oxime groups is 1. The van der Waals surface area contributed by atoms with Gasteiger partial charge in [-0.1, -0.05) is 12.1 Å². The smallest absolute Gasteiger partial charge is 0.118 e. The summed E-state index contributed by atoms with van der Waals surface area (Å²) in [6.45, 7) is 0. The summed E-state index contributed by atoms with van der Waals surface area (Å²) in [4.78, 5) is 0. The van der Waals surface area contributed by atoms with Crippen molar-refractivity contribution in [1.82, 2.24) is 0 Å². The van der Waals surface area contributed by atoms with Gasteiger partial charge in [-0.05, 0) is 17.7 Å². The summed E-state index contributed by atoms with van der Waals surface area (Å²) in [6.07, 6.45) is 2.09. The van der Waals surface area contributed by atoms with Crippen LogP contribution in [0.4, 0.5) is 0 Å². The molecule has 3 nitrogen and oxygen atoms in total. The Hall–Kier alpha value is -1.51. The van der Waals surface area contributed by atoms with Gasteiger partial charge >= 0.3 is 0 Å². The molecule has 0 aromatic heterocycles. The molecule has 0 atom stereocenters. The van der Waals surface area contributed by atoms with Gasteiger partial charge in [-0.2, -0.15) is 0 Å². The van der Waals surface area contributed by atoms with Crippen LogP contribution in [0.5, 0.6) is 5.75 Å². The van der Waals surface area contributed by atoms with E-state index in [1.807, 2.05) is 24.3 Å². The van der Waals surface area contributed by atoms with E-state index < -0.39 is 0 Å². The zero-order chi connectivity index (χ0) is 8.81. The highest BCUT2D eigenvalue weighted by atomic mass is 16.5. The maximum absolute atomic E-state index is 8.17. The zero-order valence-corrected chi connectivity index (χ0v) is 6.90. The highest BCUT2D eigenvalue weighted by molar-refractivity contribution is 5.60. The minimum Gasteiger partial charge on any atom is -0.497 e. The van der Waals surface area contributed by atoms with Crippen molar-refractivity contribution in [3.63, 3.8) is 0 Å². The van der Waals surface area contributed by atoms with Crippen LogP contribution in [0.1, 0.15) is 5.56 Å². The van der Waals surface area contributed by atoms with Crippen LogP contribution < -0.4 is 4.74 Å². The minimum atomic E-state index is 0.639. The third kappa shape index (κ3) is 2.27. The van der Waals surface area contributed by atoms with Crippen molar-refractivity contribution in [1.29, 1.82) is 0 Å². The Labute approximate surface area is 71.3 Å². The Bertz CT molecular complexity index is 254. The van der Waals surface area contributed by atoms with Crippen molar-refractivity contribution < 1.29 is 9.94 Å². The molecule has 0 unspecified atom stereocenters. The van der Waals surface area contributed by atoms with E-state index in [4.69, 9.17) is 9.94 Å². The van der Waals surface area contributed by atoms with Crippen LogP contribution in [0.3, 0.4) is 0 Å². The molecule has 12 heavy (non-hydrogen) atoms. The van der Waals surface area contributed by atoms with Crippen LogP contribution >= 0.6 is 0 Å². The molecule has 64 valence electrons. The maximum atomic E-state index is 8.17. The Morgan fingerprint density at radius 1 is 1.42 bits per heavy atom.